The zero-order chi connectivity index (χ0) is 14.0. The molecule has 4 nitrogen and oxygen atoms in total. The molecule has 1 unspecified atom stereocenters. The number of hydrogen-bond donors (Lipinski definition) is 1. The lowest BCUT2D eigenvalue weighted by Gasteiger charge is -2.38. The minimum atomic E-state index is -0.0808. The predicted molar refractivity (Wildman–Crippen MR) is 81.6 cm³/mol. The van der Waals surface area contributed by atoms with Crippen molar-refractivity contribution in [1.82, 2.24) is 10.2 Å². The van der Waals surface area contributed by atoms with E-state index in [9.17, 15) is 4.79 Å². The lowest BCUT2D eigenvalue weighted by Crippen LogP contribution is -2.58. The molecule has 0 aliphatic carbocycles. The summed E-state index contributed by atoms with van der Waals surface area (Å²) in [4.78, 5) is 16.6. The largest absolute Gasteiger partial charge is 0.318 e. The normalized spacial score (nSPS) is 20.9. The maximum absolute atomic E-state index is 12.6. The van der Waals surface area contributed by atoms with Crippen molar-refractivity contribution in [2.75, 3.05) is 38.6 Å². The number of hydrogen-bond acceptors (Lipinski definition) is 3. The number of halogens is 1. The van der Waals surface area contributed by atoms with Crippen molar-refractivity contribution < 1.29 is 4.79 Å². The van der Waals surface area contributed by atoms with Gasteiger partial charge in [0.25, 0.3) is 0 Å². The molecule has 5 heteroatoms. The average molecular weight is 326 g/mol. The van der Waals surface area contributed by atoms with E-state index in [2.05, 4.69) is 32.2 Å². The van der Waals surface area contributed by atoms with Gasteiger partial charge in [0, 0.05) is 29.8 Å². The summed E-state index contributed by atoms with van der Waals surface area (Å²) in [6.07, 6.45) is 0. The topological polar surface area (TPSA) is 35.6 Å². The van der Waals surface area contributed by atoms with Crippen molar-refractivity contribution in [2.45, 2.75) is 13.0 Å². The van der Waals surface area contributed by atoms with Crippen LogP contribution in [-0.2, 0) is 4.79 Å². The highest BCUT2D eigenvalue weighted by atomic mass is 79.9. The van der Waals surface area contributed by atoms with Gasteiger partial charge in [-0.3, -0.25) is 9.69 Å². The number of piperazine rings is 1. The summed E-state index contributed by atoms with van der Waals surface area (Å²) in [6.45, 7) is 4.37. The zero-order valence-corrected chi connectivity index (χ0v) is 13.2. The summed E-state index contributed by atoms with van der Waals surface area (Å²) in [5.74, 6) is 0.171. The van der Waals surface area contributed by atoms with Crippen LogP contribution in [0, 0.1) is 6.92 Å². The third-order valence-electron chi connectivity index (χ3n) is 3.61. The number of amides is 1. The summed E-state index contributed by atoms with van der Waals surface area (Å²) in [5, 5.41) is 3.09. The minimum Gasteiger partial charge on any atom is -0.318 e. The summed E-state index contributed by atoms with van der Waals surface area (Å²) < 4.78 is 1.07. The van der Waals surface area contributed by atoms with Gasteiger partial charge in [0.1, 0.15) is 6.04 Å². The lowest BCUT2D eigenvalue weighted by molar-refractivity contribution is -0.125. The third-order valence-corrected chi connectivity index (χ3v) is 4.50. The van der Waals surface area contributed by atoms with E-state index in [0.29, 0.717) is 6.54 Å². The Bertz CT molecular complexity index is 478. The van der Waals surface area contributed by atoms with E-state index in [4.69, 9.17) is 0 Å². The molecule has 0 spiro atoms. The second kappa shape index (κ2) is 6.03. The van der Waals surface area contributed by atoms with Gasteiger partial charge in [0.2, 0.25) is 5.91 Å². The molecule has 1 amide bonds. The fourth-order valence-corrected chi connectivity index (χ4v) is 2.63. The van der Waals surface area contributed by atoms with Gasteiger partial charge in [0.05, 0.1) is 0 Å². The second-order valence-corrected chi connectivity index (χ2v) is 5.83. The maximum Gasteiger partial charge on any atom is 0.245 e. The van der Waals surface area contributed by atoms with E-state index in [1.165, 1.54) is 0 Å². The van der Waals surface area contributed by atoms with Crippen LogP contribution in [0.15, 0.2) is 22.7 Å². The number of nitrogens with zero attached hydrogens (tertiary/aromatic N) is 2. The van der Waals surface area contributed by atoms with Crippen molar-refractivity contribution in [1.29, 1.82) is 0 Å². The number of carbonyl (C=O) groups excluding carboxylic acids is 1. The maximum atomic E-state index is 12.6. The third kappa shape index (κ3) is 2.99. The van der Waals surface area contributed by atoms with Gasteiger partial charge in [-0.1, -0.05) is 15.9 Å². The molecule has 0 bridgehead atoms. The van der Waals surface area contributed by atoms with Gasteiger partial charge in [-0.05, 0) is 44.8 Å². The van der Waals surface area contributed by atoms with Crippen LogP contribution >= 0.6 is 15.9 Å². The molecule has 2 rings (SSSR count). The predicted octanol–water partition coefficient (Wildman–Crippen LogP) is 1.62. The Kier molecular flexibility index (Phi) is 4.60. The van der Waals surface area contributed by atoms with Crippen molar-refractivity contribution in [3.8, 4) is 0 Å². The Morgan fingerprint density at radius 3 is 2.79 bits per heavy atom. The first-order chi connectivity index (χ1) is 9.04. The van der Waals surface area contributed by atoms with Crippen LogP contribution < -0.4 is 10.2 Å². The fourth-order valence-electron chi connectivity index (χ4n) is 2.38. The highest BCUT2D eigenvalue weighted by Crippen LogP contribution is 2.25. The average Bonchev–Trinajstić information content (AvgIpc) is 2.38. The molecule has 0 aromatic heterocycles. The number of likely N-dealkylation sites (N-methyl/N-ethyl adjacent to an activating group) is 2. The van der Waals surface area contributed by atoms with E-state index in [1.54, 1.807) is 0 Å². The fraction of sp³-hybridized carbons (Fsp3) is 0.500. The Labute approximate surface area is 122 Å². The van der Waals surface area contributed by atoms with Crippen molar-refractivity contribution in [2.24, 2.45) is 0 Å². The van der Waals surface area contributed by atoms with Crippen molar-refractivity contribution in [3.63, 3.8) is 0 Å². The van der Waals surface area contributed by atoms with Gasteiger partial charge in [-0.25, -0.2) is 0 Å². The van der Waals surface area contributed by atoms with Crippen LogP contribution in [0.4, 0.5) is 5.69 Å². The van der Waals surface area contributed by atoms with Crippen LogP contribution in [-0.4, -0.2) is 50.6 Å². The van der Waals surface area contributed by atoms with Gasteiger partial charge < -0.3 is 10.2 Å². The summed E-state index contributed by atoms with van der Waals surface area (Å²) in [5.41, 5.74) is 2.13. The Morgan fingerprint density at radius 2 is 2.16 bits per heavy atom. The Balaban J connectivity index is 2.24. The molecular formula is C14H20BrN3O. The number of anilines is 1. The number of aryl methyl sites for hydroxylation is 1. The smallest absolute Gasteiger partial charge is 0.245 e. The highest BCUT2D eigenvalue weighted by molar-refractivity contribution is 9.10. The molecule has 1 heterocycles. The molecule has 1 N–H and O–H groups in total. The van der Waals surface area contributed by atoms with Gasteiger partial charge in [-0.2, -0.15) is 0 Å². The number of carbonyl (C=O) groups is 1. The summed E-state index contributed by atoms with van der Waals surface area (Å²) >= 11 is 3.49. The molecule has 0 radical (unpaired) electrons. The van der Waals surface area contributed by atoms with E-state index < -0.39 is 0 Å². The summed E-state index contributed by atoms with van der Waals surface area (Å²) in [7, 11) is 3.88. The first kappa shape index (κ1) is 14.5. The number of rotatable bonds is 3. The zero-order valence-electron chi connectivity index (χ0n) is 11.6. The second-order valence-electron chi connectivity index (χ2n) is 4.98. The van der Waals surface area contributed by atoms with Gasteiger partial charge >= 0.3 is 0 Å². The van der Waals surface area contributed by atoms with E-state index in [1.807, 2.05) is 38.1 Å². The Morgan fingerprint density at radius 1 is 1.42 bits per heavy atom. The number of nitrogens with one attached hydrogen (secondary N) is 1. The standard InChI is InChI=1S/C14H20BrN3O/c1-10-8-11(4-5-12(10)15)18-7-6-17(3)13(9-16-2)14(18)19/h4-5,8,13,16H,6-7,9H2,1-3H3. The molecule has 1 saturated heterocycles. The van der Waals surface area contributed by atoms with Crippen molar-refractivity contribution >= 4 is 27.5 Å². The van der Waals surface area contributed by atoms with E-state index in [-0.39, 0.29) is 11.9 Å². The highest BCUT2D eigenvalue weighted by Gasteiger charge is 2.32. The lowest BCUT2D eigenvalue weighted by atomic mass is 10.1. The van der Waals surface area contributed by atoms with E-state index >= 15 is 0 Å². The Hall–Kier alpha value is -0.910. The summed E-state index contributed by atoms with van der Waals surface area (Å²) in [6, 6.07) is 5.98. The van der Waals surface area contributed by atoms with Gasteiger partial charge in [0.15, 0.2) is 0 Å². The first-order valence-corrected chi connectivity index (χ1v) is 7.26. The minimum absolute atomic E-state index is 0.0808. The molecule has 104 valence electrons. The molecule has 1 aromatic carbocycles. The first-order valence-electron chi connectivity index (χ1n) is 6.47. The molecule has 1 aromatic rings. The van der Waals surface area contributed by atoms with Crippen LogP contribution in [0.1, 0.15) is 5.56 Å². The van der Waals surface area contributed by atoms with E-state index in [0.717, 1.165) is 28.8 Å². The van der Waals surface area contributed by atoms with Crippen LogP contribution in [0.25, 0.3) is 0 Å². The van der Waals surface area contributed by atoms with Crippen LogP contribution in [0.2, 0.25) is 0 Å². The van der Waals surface area contributed by atoms with Crippen LogP contribution in [0.3, 0.4) is 0 Å². The molecule has 19 heavy (non-hydrogen) atoms. The van der Waals surface area contributed by atoms with Crippen LogP contribution in [0.5, 0.6) is 0 Å². The molecule has 1 aliphatic heterocycles. The molecular weight excluding hydrogens is 306 g/mol. The molecule has 0 saturated carbocycles. The molecule has 1 atom stereocenters. The monoisotopic (exact) mass is 325 g/mol. The molecule has 1 fully saturated rings. The SMILES string of the molecule is CNCC1C(=O)N(c2ccc(Br)c(C)c2)CCN1C. The molecule has 1 aliphatic rings. The van der Waals surface area contributed by atoms with Gasteiger partial charge in [-0.15, -0.1) is 0 Å². The number of benzene rings is 1. The van der Waals surface area contributed by atoms with Crippen molar-refractivity contribution in [3.05, 3.63) is 28.2 Å². The quantitative estimate of drug-likeness (QED) is 0.917.